The second kappa shape index (κ2) is 34.5. The molecule has 0 unspecified atom stereocenters. The van der Waals surface area contributed by atoms with Crippen LogP contribution < -0.4 is 16.0 Å². The van der Waals surface area contributed by atoms with E-state index in [-0.39, 0.29) is 0 Å². The molecule has 43 nitrogen and oxygen atoms in total. The Morgan fingerprint density at radius 3 is 1.05 bits per heavy atom. The number of aliphatic hydroxyl groups excluding tert-OH is 22. The Labute approximate surface area is 549 Å². The lowest BCUT2D eigenvalue weighted by atomic mass is 9.93. The summed E-state index contributed by atoms with van der Waals surface area (Å²) in [6.07, 6.45) is -73.6. The maximum Gasteiger partial charge on any atom is 0.217 e. The van der Waals surface area contributed by atoms with Gasteiger partial charge in [0.05, 0.1) is 52.4 Å². The molecule has 0 radical (unpaired) electrons. The van der Waals surface area contributed by atoms with Gasteiger partial charge in [-0.2, -0.15) is 0 Å². The second-order valence-corrected chi connectivity index (χ2v) is 24.6. The lowest BCUT2D eigenvalue weighted by molar-refractivity contribution is -0.398. The third kappa shape index (κ3) is 17.3. The van der Waals surface area contributed by atoms with Crippen molar-refractivity contribution in [1.29, 1.82) is 0 Å². The van der Waals surface area contributed by atoms with Crippen molar-refractivity contribution in [3.63, 3.8) is 0 Å². The molecule has 8 aliphatic heterocycles. The fourth-order valence-corrected chi connectivity index (χ4v) is 12.6. The molecule has 8 rings (SSSR count). The Morgan fingerprint density at radius 1 is 0.268 bits per heavy atom. The zero-order valence-electron chi connectivity index (χ0n) is 52.2. The van der Waals surface area contributed by atoms with Crippen molar-refractivity contribution in [2.24, 2.45) is 0 Å². The van der Waals surface area contributed by atoms with Gasteiger partial charge in [0, 0.05) is 20.8 Å². The molecule has 0 aromatic rings. The maximum atomic E-state index is 13.1. The number of rotatable bonds is 24. The van der Waals surface area contributed by atoms with Gasteiger partial charge in [0.2, 0.25) is 17.7 Å². The van der Waals surface area contributed by atoms with E-state index in [1.165, 1.54) is 6.92 Å². The van der Waals surface area contributed by atoms with Gasteiger partial charge in [0.25, 0.3) is 0 Å². The molecule has 0 saturated carbocycles. The summed E-state index contributed by atoms with van der Waals surface area (Å²) < 4.78 is 87.8. The predicted molar refractivity (Wildman–Crippen MR) is 298 cm³/mol. The standard InChI is InChI=1S/C54H91N3O40/c1-12-26(68)33(75)36(78)51(83-12)94-43-25(57-15(4)67)50(86-17(6-59)28(43)70)95-44-29(71)18(7-60)88-53(37(44)79)96-45-30(72)19(8-61)87-52(38(45)80)91-40-21(10-63)89-49(24(32(40)74)56-14(3)66)97-46-39(81)54(92-41-20(9-62)84-47(82)35(77)34(41)76)90-22(11-64)42(46)93-48-23(55-13(2)65)31(73)27(69)16(5-58)85-48/h12,16-54,58-64,68-82H,5-11H2,1-4H3,(H,55,65)(H,56,66)(H,57,67)/t12-,16+,17+,18+,19+,20+,21+,22+,23+,24+,25+,26+,27-,28-,29-,30-,31+,32+,33+,34+,35+,36-,37+,38+,39+,40+,41+,42-,43+,44-,45-,46+,47+,48-,49-,50-,51-,52-,53+,54-/m0/s1. The summed E-state index contributed by atoms with van der Waals surface area (Å²) in [5.74, 6) is -2.65. The van der Waals surface area contributed by atoms with Crippen molar-refractivity contribution in [1.82, 2.24) is 16.0 Å². The van der Waals surface area contributed by atoms with Crippen molar-refractivity contribution in [2.75, 3.05) is 46.2 Å². The van der Waals surface area contributed by atoms with Crippen molar-refractivity contribution >= 4 is 17.7 Å². The van der Waals surface area contributed by atoms with Gasteiger partial charge in [-0.3, -0.25) is 14.4 Å². The number of carbonyl (C=O) groups is 3. The van der Waals surface area contributed by atoms with Crippen molar-refractivity contribution in [3.8, 4) is 0 Å². The first-order chi connectivity index (χ1) is 45.9. The van der Waals surface area contributed by atoms with Gasteiger partial charge < -0.3 is 199 Å². The molecule has 0 spiro atoms. The lowest BCUT2D eigenvalue weighted by Gasteiger charge is -2.52. The van der Waals surface area contributed by atoms with E-state index in [1.807, 2.05) is 0 Å². The van der Waals surface area contributed by atoms with Crippen LogP contribution in [0.2, 0.25) is 0 Å². The molecule has 0 aliphatic carbocycles. The van der Waals surface area contributed by atoms with E-state index in [0.717, 1.165) is 20.8 Å². The summed E-state index contributed by atoms with van der Waals surface area (Å²) >= 11 is 0. The molecule has 40 atom stereocenters. The molecule has 8 fully saturated rings. The molecule has 97 heavy (non-hydrogen) atoms. The Balaban J connectivity index is 1.06. The highest BCUT2D eigenvalue weighted by molar-refractivity contribution is 5.74. The molecular formula is C54H91N3O40. The first-order valence-corrected chi connectivity index (χ1v) is 31.0. The molecular weight excluding hydrogens is 1330 g/mol. The summed E-state index contributed by atoms with van der Waals surface area (Å²) in [6.45, 7) is -3.29. The number of aliphatic hydroxyl groups is 22. The first-order valence-electron chi connectivity index (χ1n) is 31.0. The highest BCUT2D eigenvalue weighted by Gasteiger charge is 2.61. The molecule has 25 N–H and O–H groups in total. The Morgan fingerprint density at radius 2 is 0.577 bits per heavy atom. The van der Waals surface area contributed by atoms with Gasteiger partial charge in [0.1, 0.15) is 189 Å². The van der Waals surface area contributed by atoms with Gasteiger partial charge >= 0.3 is 0 Å². The highest BCUT2D eigenvalue weighted by Crippen LogP contribution is 2.40. The minimum Gasteiger partial charge on any atom is -0.394 e. The van der Waals surface area contributed by atoms with Crippen LogP contribution in [0.25, 0.3) is 0 Å². The predicted octanol–water partition coefficient (Wildman–Crippen LogP) is -17.0. The zero-order valence-corrected chi connectivity index (χ0v) is 52.2. The lowest BCUT2D eigenvalue weighted by Crippen LogP contribution is -2.71. The average Bonchev–Trinajstić information content (AvgIpc) is 0.770. The maximum absolute atomic E-state index is 13.1. The number of ether oxygens (including phenoxy) is 15. The molecule has 3 amide bonds. The molecule has 562 valence electrons. The number of nitrogens with one attached hydrogen (secondary N) is 3. The van der Waals surface area contributed by atoms with Crippen molar-refractivity contribution < 1.29 is 198 Å². The second-order valence-electron chi connectivity index (χ2n) is 24.6. The zero-order chi connectivity index (χ0) is 71.5. The van der Waals surface area contributed by atoms with Gasteiger partial charge in [-0.15, -0.1) is 0 Å². The summed E-state index contributed by atoms with van der Waals surface area (Å²) in [7, 11) is 0. The van der Waals surface area contributed by atoms with Crippen LogP contribution in [0.15, 0.2) is 0 Å². The summed E-state index contributed by atoms with van der Waals surface area (Å²) in [5.41, 5.74) is 0. The molecule has 43 heteroatoms. The molecule has 0 bridgehead atoms. The molecule has 0 aromatic heterocycles. The van der Waals surface area contributed by atoms with Gasteiger partial charge in [-0.05, 0) is 6.92 Å². The fourth-order valence-electron chi connectivity index (χ4n) is 12.6. The number of hydrogen-bond donors (Lipinski definition) is 25. The van der Waals surface area contributed by atoms with Crippen LogP contribution in [0, 0.1) is 0 Å². The summed E-state index contributed by atoms with van der Waals surface area (Å²) in [5, 5.41) is 249. The summed E-state index contributed by atoms with van der Waals surface area (Å²) in [4.78, 5) is 38.2. The van der Waals surface area contributed by atoms with Crippen molar-refractivity contribution in [2.45, 2.75) is 273 Å². The number of amides is 3. The first kappa shape index (κ1) is 79.6. The van der Waals surface area contributed by atoms with Crippen LogP contribution in [0.4, 0.5) is 0 Å². The van der Waals surface area contributed by atoms with Gasteiger partial charge in [-0.1, -0.05) is 0 Å². The quantitative estimate of drug-likeness (QED) is 0.0427. The third-order valence-corrected chi connectivity index (χ3v) is 17.8. The summed E-state index contributed by atoms with van der Waals surface area (Å²) in [6, 6.07) is -5.46. The number of carbonyl (C=O) groups excluding carboxylic acids is 3. The molecule has 8 aliphatic rings. The third-order valence-electron chi connectivity index (χ3n) is 17.8. The average molecular weight is 1420 g/mol. The molecule has 8 saturated heterocycles. The minimum absolute atomic E-state index is 0.832. The van der Waals surface area contributed by atoms with Crippen LogP contribution in [0.3, 0.4) is 0 Å². The molecule has 8 heterocycles. The van der Waals surface area contributed by atoms with Crippen LogP contribution in [-0.2, 0) is 85.4 Å². The normalized spacial score (nSPS) is 49.9. The Bertz CT molecular complexity index is 2490. The molecule has 0 aromatic carbocycles. The van der Waals surface area contributed by atoms with Crippen LogP contribution in [-0.4, -0.2) is 422 Å². The monoisotopic (exact) mass is 1420 g/mol. The van der Waals surface area contributed by atoms with E-state index in [4.69, 9.17) is 71.1 Å². The fraction of sp³-hybridized carbons (Fsp3) is 0.944. The van der Waals surface area contributed by atoms with E-state index in [1.54, 1.807) is 0 Å². The van der Waals surface area contributed by atoms with Crippen LogP contribution in [0.5, 0.6) is 0 Å². The SMILES string of the molecule is CC(=O)N[C@H]1[C@H](O[C@@H]2[C@@H](O)[C@H](O[C@H]3[C@H](O)[C@@H](O)[C@H](O)O[C@@H]3CO)O[C@H](CO)[C@@H]2O[C@@H]2O[C@H](CO)[C@H](O)[C@H](O)[C@H]2NC(C)=O)O[C@H](CO)[C@@H](O[C@@H]2O[C@H](CO)[C@H](O)[C@H](O[C@H]3O[C@H](CO)[C@H](O)[C@H](O[C@@H]4O[C@H](CO)[C@H](O)[C@H](O[C@@H]5O[C@@H](C)[C@@H](O)[C@@H](O)[C@@H]5O)[C@H]4NC(C)=O)[C@H]3O)[C@H]2O)[C@@H]1O. The van der Waals surface area contributed by atoms with Gasteiger partial charge in [-0.25, -0.2) is 0 Å². The van der Waals surface area contributed by atoms with E-state index in [9.17, 15) is 127 Å². The topological polar surface area (TPSA) is 671 Å². The highest BCUT2D eigenvalue weighted by atomic mass is 16.8. The number of hydrogen-bond acceptors (Lipinski definition) is 40. The van der Waals surface area contributed by atoms with E-state index < -0.39 is 309 Å². The smallest absolute Gasteiger partial charge is 0.217 e. The van der Waals surface area contributed by atoms with E-state index in [0.29, 0.717) is 0 Å². The van der Waals surface area contributed by atoms with Gasteiger partial charge in [0.15, 0.2) is 50.3 Å². The van der Waals surface area contributed by atoms with E-state index in [2.05, 4.69) is 16.0 Å². The van der Waals surface area contributed by atoms with Crippen LogP contribution in [0.1, 0.15) is 27.7 Å². The minimum atomic E-state index is -2.37. The Hall–Kier alpha value is -3.07. The Kier molecular flexibility index (Phi) is 28.3. The van der Waals surface area contributed by atoms with Crippen LogP contribution >= 0.6 is 0 Å². The van der Waals surface area contributed by atoms with Crippen molar-refractivity contribution in [3.05, 3.63) is 0 Å². The van der Waals surface area contributed by atoms with E-state index >= 15 is 0 Å². The largest absolute Gasteiger partial charge is 0.394 e.